The van der Waals surface area contributed by atoms with E-state index >= 15 is 0 Å². The highest BCUT2D eigenvalue weighted by Gasteiger charge is 2.28. The van der Waals surface area contributed by atoms with Crippen molar-refractivity contribution in [3.05, 3.63) is 82.9 Å². The smallest absolute Gasteiger partial charge is 0.123 e. The summed E-state index contributed by atoms with van der Waals surface area (Å²) in [7, 11) is 0. The van der Waals surface area contributed by atoms with Crippen LogP contribution in [0, 0.1) is 0 Å². The molecule has 0 fully saturated rings. The summed E-state index contributed by atoms with van der Waals surface area (Å²) in [6.45, 7) is 26.0. The molecule has 3 heterocycles. The Balaban J connectivity index is 1.48. The van der Waals surface area contributed by atoms with Gasteiger partial charge in [-0.25, -0.2) is 0 Å². The molecule has 5 aromatic rings. The molecular formula is C40H48O2S3. The molecule has 0 saturated carbocycles. The van der Waals surface area contributed by atoms with E-state index < -0.39 is 0 Å². The van der Waals surface area contributed by atoms with Crippen molar-refractivity contribution in [2.45, 2.75) is 105 Å². The number of hydrogen-bond donors (Lipinski definition) is 2. The Kier molecular flexibility index (Phi) is 8.51. The minimum Gasteiger partial charge on any atom is -0.507 e. The van der Waals surface area contributed by atoms with E-state index in [2.05, 4.69) is 144 Å². The molecule has 0 aliphatic heterocycles. The van der Waals surface area contributed by atoms with Crippen LogP contribution in [0.1, 0.15) is 105 Å². The first-order valence-electron chi connectivity index (χ1n) is 15.7. The fraction of sp³-hybridized carbons (Fsp3) is 0.400. The number of phenols is 2. The first-order chi connectivity index (χ1) is 20.6. The summed E-state index contributed by atoms with van der Waals surface area (Å²) in [5, 5.41) is 22.4. The lowest BCUT2D eigenvalue weighted by molar-refractivity contribution is 0.422. The maximum Gasteiger partial charge on any atom is 0.123 e. The highest BCUT2D eigenvalue weighted by atomic mass is 32.1. The van der Waals surface area contributed by atoms with E-state index in [1.54, 1.807) is 0 Å². The molecule has 238 valence electrons. The van der Waals surface area contributed by atoms with E-state index in [0.29, 0.717) is 11.5 Å². The van der Waals surface area contributed by atoms with Gasteiger partial charge in [0.15, 0.2) is 0 Å². The van der Waals surface area contributed by atoms with Gasteiger partial charge in [0.2, 0.25) is 0 Å². The number of phenolic OH excluding ortho intramolecular Hbond substituents is 2. The van der Waals surface area contributed by atoms with Crippen LogP contribution in [-0.4, -0.2) is 10.2 Å². The van der Waals surface area contributed by atoms with Crippen molar-refractivity contribution in [2.24, 2.45) is 0 Å². The van der Waals surface area contributed by atoms with Crippen LogP contribution in [0.25, 0.3) is 40.4 Å². The van der Waals surface area contributed by atoms with Crippen LogP contribution in [0.2, 0.25) is 0 Å². The average Bonchev–Trinajstić information content (AvgIpc) is 3.66. The third-order valence-electron chi connectivity index (χ3n) is 8.32. The number of rotatable bonds is 4. The normalized spacial score (nSPS) is 13.1. The van der Waals surface area contributed by atoms with Gasteiger partial charge in [0.05, 0.1) is 0 Å². The maximum atomic E-state index is 11.2. The molecule has 2 nitrogen and oxygen atoms in total. The molecule has 0 atom stereocenters. The molecule has 5 rings (SSSR count). The van der Waals surface area contributed by atoms with Crippen LogP contribution >= 0.6 is 34.0 Å². The van der Waals surface area contributed by atoms with Gasteiger partial charge in [-0.3, -0.25) is 0 Å². The molecule has 2 aromatic carbocycles. The SMILES string of the molecule is CC(C)(C)c1cc(-c2ccc(-c3ccc(-c4ccc(-c5cc(C(C)(C)C)c(O)c(C(C)(C)C)c5)s4)s3)s2)cc(C(C)(C)C)c1O. The van der Waals surface area contributed by atoms with Gasteiger partial charge in [0.1, 0.15) is 11.5 Å². The highest BCUT2D eigenvalue weighted by molar-refractivity contribution is 7.27. The second-order valence-electron chi connectivity index (χ2n) is 16.3. The number of thiophene rings is 3. The fourth-order valence-electron chi connectivity index (χ4n) is 5.69. The first-order valence-corrected chi connectivity index (χ1v) is 18.2. The quantitative estimate of drug-likeness (QED) is 0.202. The van der Waals surface area contributed by atoms with Crippen molar-refractivity contribution in [3.8, 4) is 51.9 Å². The molecule has 45 heavy (non-hydrogen) atoms. The molecule has 3 aromatic heterocycles. The van der Waals surface area contributed by atoms with Gasteiger partial charge >= 0.3 is 0 Å². The van der Waals surface area contributed by atoms with E-state index in [9.17, 15) is 10.2 Å². The second-order valence-corrected chi connectivity index (χ2v) is 19.6. The summed E-state index contributed by atoms with van der Waals surface area (Å²) in [6, 6.07) is 22.1. The summed E-state index contributed by atoms with van der Waals surface area (Å²) in [5.74, 6) is 0.843. The van der Waals surface area contributed by atoms with Gasteiger partial charge in [-0.05, 0) is 93.5 Å². The molecule has 0 spiro atoms. The fourth-order valence-corrected chi connectivity index (χ4v) is 8.87. The Hall–Kier alpha value is -2.86. The lowest BCUT2D eigenvalue weighted by atomic mass is 9.78. The van der Waals surface area contributed by atoms with E-state index in [1.807, 2.05) is 34.0 Å². The molecule has 0 radical (unpaired) electrons. The Morgan fingerprint density at radius 1 is 0.356 bits per heavy atom. The predicted octanol–water partition coefficient (Wildman–Crippen LogP) is 13.1. The molecule has 5 heteroatoms. The zero-order valence-corrected chi connectivity index (χ0v) is 31.3. The standard InChI is InChI=1S/C40H48O2S3/c1-37(2,3)25-19-23(20-26(35(25)41)38(4,5)6)29-13-15-31(43-29)33-17-18-34(45-33)32-16-14-30(44-32)24-21-27(39(7,8)9)36(42)28(22-24)40(10,11)12/h13-22,41-42H,1-12H3. The Morgan fingerprint density at radius 3 is 0.778 bits per heavy atom. The van der Waals surface area contributed by atoms with Crippen LogP contribution in [0.15, 0.2) is 60.7 Å². The first kappa shape index (κ1) is 33.5. The van der Waals surface area contributed by atoms with E-state index in [-0.39, 0.29) is 21.7 Å². The molecule has 0 bridgehead atoms. The van der Waals surface area contributed by atoms with Gasteiger partial charge in [0, 0.05) is 51.5 Å². The highest BCUT2D eigenvalue weighted by Crippen LogP contribution is 2.48. The maximum absolute atomic E-state index is 11.2. The Bertz CT molecular complexity index is 1650. The molecule has 0 aliphatic carbocycles. The summed E-state index contributed by atoms with van der Waals surface area (Å²) in [4.78, 5) is 7.46. The largest absolute Gasteiger partial charge is 0.507 e. The second kappa shape index (κ2) is 11.4. The van der Waals surface area contributed by atoms with Crippen LogP contribution in [0.5, 0.6) is 11.5 Å². The van der Waals surface area contributed by atoms with Gasteiger partial charge in [0.25, 0.3) is 0 Å². The lowest BCUT2D eigenvalue weighted by Gasteiger charge is -2.28. The van der Waals surface area contributed by atoms with E-state index in [0.717, 1.165) is 33.4 Å². The lowest BCUT2D eigenvalue weighted by Crippen LogP contribution is -2.17. The molecular weight excluding hydrogens is 609 g/mol. The van der Waals surface area contributed by atoms with Crippen molar-refractivity contribution < 1.29 is 10.2 Å². The van der Waals surface area contributed by atoms with E-state index in [1.165, 1.54) is 29.3 Å². The summed E-state index contributed by atoms with van der Waals surface area (Å²) < 4.78 is 0. The van der Waals surface area contributed by atoms with Crippen LogP contribution in [0.4, 0.5) is 0 Å². The minimum atomic E-state index is -0.162. The van der Waals surface area contributed by atoms with Crippen LogP contribution in [0.3, 0.4) is 0 Å². The van der Waals surface area contributed by atoms with Crippen molar-refractivity contribution >= 4 is 34.0 Å². The van der Waals surface area contributed by atoms with Gasteiger partial charge in [-0.2, -0.15) is 0 Å². The molecule has 0 aliphatic rings. The summed E-state index contributed by atoms with van der Waals surface area (Å²) in [5.41, 5.74) is 5.64. The Labute approximate surface area is 282 Å². The number of hydrogen-bond acceptors (Lipinski definition) is 5. The zero-order valence-electron chi connectivity index (χ0n) is 28.9. The molecule has 2 N–H and O–H groups in total. The van der Waals surface area contributed by atoms with Crippen molar-refractivity contribution in [1.29, 1.82) is 0 Å². The van der Waals surface area contributed by atoms with Crippen LogP contribution in [-0.2, 0) is 21.7 Å². The number of benzene rings is 2. The average molecular weight is 657 g/mol. The van der Waals surface area contributed by atoms with Crippen molar-refractivity contribution in [2.75, 3.05) is 0 Å². The third kappa shape index (κ3) is 6.82. The topological polar surface area (TPSA) is 40.5 Å². The minimum absolute atomic E-state index is 0.162. The molecule has 0 saturated heterocycles. The number of aromatic hydroxyl groups is 2. The Morgan fingerprint density at radius 2 is 0.556 bits per heavy atom. The van der Waals surface area contributed by atoms with Crippen molar-refractivity contribution in [1.82, 2.24) is 0 Å². The zero-order chi connectivity index (χ0) is 33.3. The van der Waals surface area contributed by atoms with Gasteiger partial charge < -0.3 is 10.2 Å². The molecule has 0 amide bonds. The van der Waals surface area contributed by atoms with E-state index in [4.69, 9.17) is 0 Å². The monoisotopic (exact) mass is 656 g/mol. The summed E-state index contributed by atoms with van der Waals surface area (Å²) in [6.07, 6.45) is 0. The van der Waals surface area contributed by atoms with Crippen LogP contribution < -0.4 is 0 Å². The summed E-state index contributed by atoms with van der Waals surface area (Å²) >= 11 is 5.45. The van der Waals surface area contributed by atoms with Gasteiger partial charge in [-0.15, -0.1) is 34.0 Å². The predicted molar refractivity (Wildman–Crippen MR) is 200 cm³/mol. The van der Waals surface area contributed by atoms with Gasteiger partial charge in [-0.1, -0.05) is 83.1 Å². The third-order valence-corrected chi connectivity index (χ3v) is 12.1. The molecule has 0 unspecified atom stereocenters. The van der Waals surface area contributed by atoms with Crippen molar-refractivity contribution in [3.63, 3.8) is 0 Å².